The van der Waals surface area contributed by atoms with Crippen molar-refractivity contribution in [1.29, 1.82) is 0 Å². The lowest BCUT2D eigenvalue weighted by molar-refractivity contribution is 0.0695. The van der Waals surface area contributed by atoms with E-state index in [1.807, 2.05) is 13.8 Å². The second kappa shape index (κ2) is 7.79. The smallest absolute Gasteiger partial charge is 0.335 e. The van der Waals surface area contributed by atoms with Crippen LogP contribution in [0.5, 0.6) is 0 Å². The van der Waals surface area contributed by atoms with E-state index in [0.717, 1.165) is 11.3 Å². The Morgan fingerprint density at radius 1 is 1.12 bits per heavy atom. The van der Waals surface area contributed by atoms with E-state index in [1.54, 1.807) is 25.2 Å². The number of aromatic amines is 1. The fourth-order valence-corrected chi connectivity index (χ4v) is 2.59. The third kappa shape index (κ3) is 5.04. The number of carbonyl (C=O) groups excluding carboxylic acids is 1. The summed E-state index contributed by atoms with van der Waals surface area (Å²) < 4.78 is 0. The maximum atomic E-state index is 12.6. The van der Waals surface area contributed by atoms with Crippen LogP contribution in [0.4, 0.5) is 0 Å². The molecule has 6 nitrogen and oxygen atoms in total. The van der Waals surface area contributed by atoms with Gasteiger partial charge in [-0.25, -0.2) is 4.79 Å². The summed E-state index contributed by atoms with van der Waals surface area (Å²) in [6, 6.07) is 9.38. The predicted molar refractivity (Wildman–Crippen MR) is 94.8 cm³/mol. The second-order valence-corrected chi connectivity index (χ2v) is 6.52. The first kappa shape index (κ1) is 18.4. The highest BCUT2D eigenvalue weighted by Crippen LogP contribution is 2.11. The van der Waals surface area contributed by atoms with Crippen LogP contribution in [0, 0.1) is 5.92 Å². The summed E-state index contributed by atoms with van der Waals surface area (Å²) in [4.78, 5) is 39.5. The highest BCUT2D eigenvalue weighted by Gasteiger charge is 2.14. The first-order valence-corrected chi connectivity index (χ1v) is 8.07. The minimum absolute atomic E-state index is 0.200. The number of hydrogen-bond acceptors (Lipinski definition) is 3. The third-order valence-corrected chi connectivity index (χ3v) is 3.74. The van der Waals surface area contributed by atoms with Crippen molar-refractivity contribution in [1.82, 2.24) is 9.88 Å². The van der Waals surface area contributed by atoms with Crippen LogP contribution in [-0.2, 0) is 13.0 Å². The number of aromatic carboxylic acids is 1. The Labute approximate surface area is 146 Å². The number of benzene rings is 1. The number of nitrogens with zero attached hydrogens (tertiary/aromatic N) is 1. The highest BCUT2D eigenvalue weighted by molar-refractivity contribution is 5.94. The van der Waals surface area contributed by atoms with Gasteiger partial charge in [-0.2, -0.15) is 0 Å². The Morgan fingerprint density at radius 2 is 1.76 bits per heavy atom. The number of carbonyl (C=O) groups is 2. The Hall–Kier alpha value is -2.89. The lowest BCUT2D eigenvalue weighted by Crippen LogP contribution is -2.27. The molecule has 25 heavy (non-hydrogen) atoms. The average Bonchev–Trinajstić information content (AvgIpc) is 2.53. The largest absolute Gasteiger partial charge is 0.478 e. The number of H-pyrrole nitrogens is 1. The number of pyridine rings is 1. The van der Waals surface area contributed by atoms with E-state index in [9.17, 15) is 14.4 Å². The highest BCUT2D eigenvalue weighted by atomic mass is 16.4. The van der Waals surface area contributed by atoms with Crippen molar-refractivity contribution in [2.24, 2.45) is 5.92 Å². The lowest BCUT2D eigenvalue weighted by Gasteiger charge is -2.18. The van der Waals surface area contributed by atoms with Crippen LogP contribution in [0.3, 0.4) is 0 Å². The van der Waals surface area contributed by atoms with Gasteiger partial charge in [0, 0.05) is 30.9 Å². The molecule has 0 saturated heterocycles. The summed E-state index contributed by atoms with van der Waals surface area (Å²) in [6.07, 6.45) is 0.691. The van der Waals surface area contributed by atoms with E-state index in [1.165, 1.54) is 23.1 Å². The van der Waals surface area contributed by atoms with Crippen LogP contribution in [-0.4, -0.2) is 33.9 Å². The molecule has 132 valence electrons. The summed E-state index contributed by atoms with van der Waals surface area (Å²) in [6.45, 7) is 4.41. The minimum atomic E-state index is -0.989. The van der Waals surface area contributed by atoms with Gasteiger partial charge < -0.3 is 15.0 Å². The molecular weight excluding hydrogens is 320 g/mol. The van der Waals surface area contributed by atoms with Gasteiger partial charge in [0.25, 0.3) is 5.91 Å². The molecule has 1 aromatic heterocycles. The monoisotopic (exact) mass is 342 g/mol. The van der Waals surface area contributed by atoms with Crippen LogP contribution in [0.25, 0.3) is 0 Å². The number of rotatable bonds is 6. The van der Waals surface area contributed by atoms with Gasteiger partial charge in [0.1, 0.15) is 0 Å². The molecule has 2 aromatic rings. The molecule has 2 rings (SSSR count). The van der Waals surface area contributed by atoms with Crippen molar-refractivity contribution in [3.8, 4) is 0 Å². The minimum Gasteiger partial charge on any atom is -0.478 e. The van der Waals surface area contributed by atoms with Gasteiger partial charge >= 0.3 is 5.97 Å². The Balaban J connectivity index is 2.15. The van der Waals surface area contributed by atoms with Crippen LogP contribution in [0.2, 0.25) is 0 Å². The van der Waals surface area contributed by atoms with E-state index in [-0.39, 0.29) is 17.0 Å². The zero-order chi connectivity index (χ0) is 18.6. The molecule has 1 amide bonds. The standard InChI is InChI=1S/C19H22N2O4/c1-12(2)8-16-9-15(10-17(22)20-16)18(23)21(3)11-13-4-6-14(7-5-13)19(24)25/h4-7,9-10,12H,8,11H2,1-3H3,(H,20,22)(H,24,25). The zero-order valence-electron chi connectivity index (χ0n) is 14.6. The molecule has 0 aliphatic rings. The summed E-state index contributed by atoms with van der Waals surface area (Å²) >= 11 is 0. The van der Waals surface area contributed by atoms with Crippen LogP contribution < -0.4 is 5.56 Å². The Morgan fingerprint density at radius 3 is 2.32 bits per heavy atom. The maximum absolute atomic E-state index is 12.6. The zero-order valence-corrected chi connectivity index (χ0v) is 14.6. The van der Waals surface area contributed by atoms with Crippen molar-refractivity contribution >= 4 is 11.9 Å². The van der Waals surface area contributed by atoms with E-state index in [2.05, 4.69) is 4.98 Å². The van der Waals surface area contributed by atoms with Crippen molar-refractivity contribution in [2.75, 3.05) is 7.05 Å². The number of carboxylic acid groups (broad SMARTS) is 1. The molecule has 6 heteroatoms. The van der Waals surface area contributed by atoms with Crippen LogP contribution in [0.15, 0.2) is 41.2 Å². The molecule has 0 saturated carbocycles. The van der Waals surface area contributed by atoms with Crippen molar-refractivity contribution < 1.29 is 14.7 Å². The van der Waals surface area contributed by atoms with E-state index >= 15 is 0 Å². The lowest BCUT2D eigenvalue weighted by atomic mass is 10.1. The molecule has 0 bridgehead atoms. The van der Waals surface area contributed by atoms with Crippen LogP contribution in [0.1, 0.15) is 45.8 Å². The quantitative estimate of drug-likeness (QED) is 0.844. The first-order chi connectivity index (χ1) is 11.8. The third-order valence-electron chi connectivity index (χ3n) is 3.74. The van der Waals surface area contributed by atoms with E-state index in [4.69, 9.17) is 5.11 Å². The molecule has 0 fully saturated rings. The van der Waals surface area contributed by atoms with Gasteiger partial charge in [-0.1, -0.05) is 26.0 Å². The summed E-state index contributed by atoms with van der Waals surface area (Å²) in [5.41, 5.74) is 1.81. The average molecular weight is 342 g/mol. The molecular formula is C19H22N2O4. The van der Waals surface area contributed by atoms with Gasteiger partial charge in [-0.05, 0) is 36.1 Å². The first-order valence-electron chi connectivity index (χ1n) is 8.07. The molecule has 2 N–H and O–H groups in total. The number of nitrogens with one attached hydrogen (secondary N) is 1. The maximum Gasteiger partial charge on any atom is 0.335 e. The molecule has 0 atom stereocenters. The summed E-state index contributed by atoms with van der Waals surface area (Å²) in [7, 11) is 1.65. The Kier molecular flexibility index (Phi) is 5.75. The molecule has 0 radical (unpaired) electrons. The molecule has 0 spiro atoms. The van der Waals surface area contributed by atoms with Crippen molar-refractivity contribution in [3.05, 3.63) is 69.1 Å². The van der Waals surface area contributed by atoms with Gasteiger partial charge in [-0.3, -0.25) is 9.59 Å². The normalized spacial score (nSPS) is 10.7. The fraction of sp³-hybridized carbons (Fsp3) is 0.316. The van der Waals surface area contributed by atoms with Gasteiger partial charge in [0.2, 0.25) is 5.56 Å². The van der Waals surface area contributed by atoms with Crippen molar-refractivity contribution in [2.45, 2.75) is 26.8 Å². The molecule has 0 unspecified atom stereocenters. The van der Waals surface area contributed by atoms with Crippen molar-refractivity contribution in [3.63, 3.8) is 0 Å². The SMILES string of the molecule is CC(C)Cc1cc(C(=O)N(C)Cc2ccc(C(=O)O)cc2)cc(=O)[nH]1. The molecule has 0 aliphatic carbocycles. The van der Waals surface area contributed by atoms with Gasteiger partial charge in [0.15, 0.2) is 0 Å². The van der Waals surface area contributed by atoms with Gasteiger partial charge in [-0.15, -0.1) is 0 Å². The van der Waals surface area contributed by atoms with Crippen LogP contribution >= 0.6 is 0 Å². The fourth-order valence-electron chi connectivity index (χ4n) is 2.59. The topological polar surface area (TPSA) is 90.5 Å². The summed E-state index contributed by atoms with van der Waals surface area (Å²) in [5, 5.41) is 8.91. The molecule has 1 aromatic carbocycles. The second-order valence-electron chi connectivity index (χ2n) is 6.52. The number of amides is 1. The number of carboxylic acids is 1. The van der Waals surface area contributed by atoms with E-state index in [0.29, 0.717) is 24.4 Å². The Bertz CT molecular complexity index is 822. The van der Waals surface area contributed by atoms with Gasteiger partial charge in [0.05, 0.1) is 5.56 Å². The van der Waals surface area contributed by atoms with E-state index < -0.39 is 5.97 Å². The number of aromatic nitrogens is 1. The summed E-state index contributed by atoms with van der Waals surface area (Å²) in [5.74, 6) is -0.873. The molecule has 0 aliphatic heterocycles. The number of hydrogen-bond donors (Lipinski definition) is 2. The molecule has 1 heterocycles. The predicted octanol–water partition coefficient (Wildman–Crippen LogP) is 2.54.